The van der Waals surface area contributed by atoms with Crippen LogP contribution in [0.25, 0.3) is 0 Å². The molecule has 0 saturated carbocycles. The van der Waals surface area contributed by atoms with Gasteiger partial charge in [-0.05, 0) is 40.4 Å². The Morgan fingerprint density at radius 2 is 1.76 bits per heavy atom. The van der Waals surface area contributed by atoms with Crippen molar-refractivity contribution in [1.82, 2.24) is 9.80 Å². The van der Waals surface area contributed by atoms with Crippen LogP contribution in [0.5, 0.6) is 0 Å². The Labute approximate surface area is 107 Å². The third-order valence-electron chi connectivity index (χ3n) is 2.84. The summed E-state index contributed by atoms with van der Waals surface area (Å²) in [5, 5.41) is 0. The summed E-state index contributed by atoms with van der Waals surface area (Å²) >= 11 is 0. The summed E-state index contributed by atoms with van der Waals surface area (Å²) in [4.78, 5) is 4.73. The molecule has 104 valence electrons. The summed E-state index contributed by atoms with van der Waals surface area (Å²) < 4.78 is 5.58. The van der Waals surface area contributed by atoms with Crippen LogP contribution in [0.4, 0.5) is 0 Å². The lowest BCUT2D eigenvalue weighted by Gasteiger charge is -2.25. The molecule has 0 amide bonds. The minimum atomic E-state index is 0.221. The van der Waals surface area contributed by atoms with E-state index >= 15 is 0 Å². The molecule has 0 aliphatic heterocycles. The van der Waals surface area contributed by atoms with Crippen molar-refractivity contribution in [2.75, 3.05) is 53.4 Å². The van der Waals surface area contributed by atoms with Gasteiger partial charge in [0, 0.05) is 32.8 Å². The fraction of sp³-hybridized carbons (Fsp3) is 1.00. The van der Waals surface area contributed by atoms with E-state index in [1.165, 1.54) is 6.42 Å². The van der Waals surface area contributed by atoms with Crippen molar-refractivity contribution in [1.29, 1.82) is 0 Å². The van der Waals surface area contributed by atoms with E-state index in [2.05, 4.69) is 30.8 Å². The van der Waals surface area contributed by atoms with E-state index in [1.807, 2.05) is 6.92 Å². The van der Waals surface area contributed by atoms with E-state index in [0.717, 1.165) is 39.2 Å². The second-order valence-corrected chi connectivity index (χ2v) is 4.75. The topological polar surface area (TPSA) is 41.7 Å². The lowest BCUT2D eigenvalue weighted by Crippen LogP contribution is -2.36. The van der Waals surface area contributed by atoms with Crippen molar-refractivity contribution in [2.45, 2.75) is 32.8 Å². The van der Waals surface area contributed by atoms with Gasteiger partial charge in [-0.3, -0.25) is 0 Å². The normalized spacial score (nSPS) is 13.6. The Balaban J connectivity index is 3.88. The van der Waals surface area contributed by atoms with Crippen LogP contribution in [0.15, 0.2) is 0 Å². The fourth-order valence-electron chi connectivity index (χ4n) is 1.82. The van der Waals surface area contributed by atoms with Gasteiger partial charge >= 0.3 is 0 Å². The van der Waals surface area contributed by atoms with Gasteiger partial charge in [-0.15, -0.1) is 0 Å². The lowest BCUT2D eigenvalue weighted by atomic mass is 10.2. The van der Waals surface area contributed by atoms with E-state index < -0.39 is 0 Å². The molecule has 0 saturated heterocycles. The first kappa shape index (κ1) is 16.8. The highest BCUT2D eigenvalue weighted by Crippen LogP contribution is 2.01. The molecule has 0 fully saturated rings. The minimum Gasteiger partial charge on any atom is -0.377 e. The molecule has 0 aromatic heterocycles. The van der Waals surface area contributed by atoms with Crippen LogP contribution in [-0.4, -0.2) is 69.3 Å². The van der Waals surface area contributed by atoms with Crippen molar-refractivity contribution < 1.29 is 4.74 Å². The van der Waals surface area contributed by atoms with Gasteiger partial charge in [-0.1, -0.05) is 6.92 Å². The van der Waals surface area contributed by atoms with Crippen LogP contribution in [-0.2, 0) is 4.74 Å². The monoisotopic (exact) mass is 245 g/mol. The smallest absolute Gasteiger partial charge is 0.0709 e. The standard InChI is InChI=1S/C13H31N3O/c1-5-8-16(11-10-15(3)4)9-7-13(12-14)17-6-2/h13H,5-12,14H2,1-4H3. The largest absolute Gasteiger partial charge is 0.377 e. The summed E-state index contributed by atoms with van der Waals surface area (Å²) in [6.07, 6.45) is 2.46. The highest BCUT2D eigenvalue weighted by molar-refractivity contribution is 4.65. The molecule has 0 aliphatic rings. The molecule has 0 bridgehead atoms. The zero-order chi connectivity index (χ0) is 13.1. The SMILES string of the molecule is CCCN(CCC(CN)OCC)CCN(C)C. The average molecular weight is 245 g/mol. The molecule has 1 unspecified atom stereocenters. The third-order valence-corrected chi connectivity index (χ3v) is 2.84. The summed E-state index contributed by atoms with van der Waals surface area (Å²) in [6.45, 7) is 10.1. The Morgan fingerprint density at radius 1 is 1.06 bits per heavy atom. The van der Waals surface area contributed by atoms with Gasteiger partial charge in [0.15, 0.2) is 0 Å². The quantitative estimate of drug-likeness (QED) is 0.590. The van der Waals surface area contributed by atoms with Crippen LogP contribution in [0.2, 0.25) is 0 Å². The predicted octanol–water partition coefficient (Wildman–Crippen LogP) is 1.01. The Hall–Kier alpha value is -0.160. The number of likely N-dealkylation sites (N-methyl/N-ethyl adjacent to an activating group) is 1. The molecule has 0 aromatic carbocycles. The maximum atomic E-state index is 5.69. The molecule has 0 aromatic rings. The Kier molecular flexibility index (Phi) is 10.9. The number of hydrogen-bond donors (Lipinski definition) is 1. The molecule has 0 radical (unpaired) electrons. The average Bonchev–Trinajstić information content (AvgIpc) is 2.30. The van der Waals surface area contributed by atoms with E-state index in [9.17, 15) is 0 Å². The molecule has 0 spiro atoms. The minimum absolute atomic E-state index is 0.221. The molecule has 4 heteroatoms. The number of hydrogen-bond acceptors (Lipinski definition) is 4. The maximum Gasteiger partial charge on any atom is 0.0709 e. The first-order chi connectivity index (χ1) is 8.13. The van der Waals surface area contributed by atoms with E-state index in [0.29, 0.717) is 6.54 Å². The molecule has 4 nitrogen and oxygen atoms in total. The third kappa shape index (κ3) is 9.53. The first-order valence-electron chi connectivity index (χ1n) is 6.82. The van der Waals surface area contributed by atoms with E-state index in [-0.39, 0.29) is 6.10 Å². The van der Waals surface area contributed by atoms with Crippen molar-refractivity contribution >= 4 is 0 Å². The molecule has 2 N–H and O–H groups in total. The van der Waals surface area contributed by atoms with E-state index in [4.69, 9.17) is 10.5 Å². The van der Waals surface area contributed by atoms with Gasteiger partial charge in [0.05, 0.1) is 6.10 Å². The van der Waals surface area contributed by atoms with Crippen LogP contribution in [0.3, 0.4) is 0 Å². The highest BCUT2D eigenvalue weighted by atomic mass is 16.5. The summed E-state index contributed by atoms with van der Waals surface area (Å²) in [6, 6.07) is 0. The summed E-state index contributed by atoms with van der Waals surface area (Å²) in [7, 11) is 4.24. The van der Waals surface area contributed by atoms with Gasteiger partial charge in [-0.2, -0.15) is 0 Å². The van der Waals surface area contributed by atoms with Crippen LogP contribution in [0.1, 0.15) is 26.7 Å². The van der Waals surface area contributed by atoms with Crippen LogP contribution < -0.4 is 5.73 Å². The maximum absolute atomic E-state index is 5.69. The van der Waals surface area contributed by atoms with Gasteiger partial charge in [0.1, 0.15) is 0 Å². The van der Waals surface area contributed by atoms with Crippen LogP contribution in [0, 0.1) is 0 Å². The molecular weight excluding hydrogens is 214 g/mol. The fourth-order valence-corrected chi connectivity index (χ4v) is 1.82. The zero-order valence-electron chi connectivity index (χ0n) is 12.1. The Bertz CT molecular complexity index is 165. The number of ether oxygens (including phenoxy) is 1. The first-order valence-corrected chi connectivity index (χ1v) is 6.82. The second-order valence-electron chi connectivity index (χ2n) is 4.75. The van der Waals surface area contributed by atoms with Gasteiger partial charge in [0.2, 0.25) is 0 Å². The van der Waals surface area contributed by atoms with E-state index in [1.54, 1.807) is 0 Å². The molecule has 0 rings (SSSR count). The highest BCUT2D eigenvalue weighted by Gasteiger charge is 2.10. The van der Waals surface area contributed by atoms with Crippen molar-refractivity contribution in [2.24, 2.45) is 5.73 Å². The van der Waals surface area contributed by atoms with Gasteiger partial charge in [-0.25, -0.2) is 0 Å². The molecule has 0 aliphatic carbocycles. The Morgan fingerprint density at radius 3 is 2.24 bits per heavy atom. The predicted molar refractivity (Wildman–Crippen MR) is 74.4 cm³/mol. The van der Waals surface area contributed by atoms with Crippen molar-refractivity contribution in [3.05, 3.63) is 0 Å². The van der Waals surface area contributed by atoms with Crippen molar-refractivity contribution in [3.8, 4) is 0 Å². The second kappa shape index (κ2) is 11.0. The summed E-state index contributed by atoms with van der Waals surface area (Å²) in [5.41, 5.74) is 5.69. The summed E-state index contributed by atoms with van der Waals surface area (Å²) in [5.74, 6) is 0. The molecule has 17 heavy (non-hydrogen) atoms. The van der Waals surface area contributed by atoms with Gasteiger partial charge in [0.25, 0.3) is 0 Å². The number of rotatable bonds is 11. The number of nitrogens with zero attached hydrogens (tertiary/aromatic N) is 2. The molecule has 1 atom stereocenters. The van der Waals surface area contributed by atoms with Gasteiger partial charge < -0.3 is 20.3 Å². The van der Waals surface area contributed by atoms with Crippen molar-refractivity contribution in [3.63, 3.8) is 0 Å². The zero-order valence-corrected chi connectivity index (χ0v) is 12.1. The number of nitrogens with two attached hydrogens (primary N) is 1. The molecular formula is C13H31N3O. The van der Waals surface area contributed by atoms with Crippen LogP contribution >= 0.6 is 0 Å². The lowest BCUT2D eigenvalue weighted by molar-refractivity contribution is 0.0537. The molecule has 0 heterocycles.